The topological polar surface area (TPSA) is 68.0 Å². The summed E-state index contributed by atoms with van der Waals surface area (Å²) in [6.07, 6.45) is 1.54. The maximum Gasteiger partial charge on any atom is 0.252 e. The highest BCUT2D eigenvalue weighted by Gasteiger charge is 2.14. The van der Waals surface area contributed by atoms with Gasteiger partial charge in [0.1, 0.15) is 11.6 Å². The Labute approximate surface area is 110 Å². The number of halogens is 1. The lowest BCUT2D eigenvalue weighted by molar-refractivity contribution is 0.100. The summed E-state index contributed by atoms with van der Waals surface area (Å²) < 4.78 is 13.6. The van der Waals surface area contributed by atoms with Crippen LogP contribution in [0.4, 0.5) is 10.2 Å². The van der Waals surface area contributed by atoms with Crippen LogP contribution in [0.25, 0.3) is 0 Å². The third-order valence-corrected chi connectivity index (χ3v) is 2.80. The summed E-state index contributed by atoms with van der Waals surface area (Å²) in [4.78, 5) is 15.3. The molecule has 5 heteroatoms. The van der Waals surface area contributed by atoms with Crippen LogP contribution in [0.15, 0.2) is 42.6 Å². The molecule has 1 aromatic carbocycles. The molecule has 1 heterocycles. The van der Waals surface area contributed by atoms with Gasteiger partial charge in [-0.1, -0.05) is 18.2 Å². The van der Waals surface area contributed by atoms with Crippen molar-refractivity contribution in [3.63, 3.8) is 0 Å². The molecule has 1 atom stereocenters. The second-order valence-electron chi connectivity index (χ2n) is 4.15. The van der Waals surface area contributed by atoms with E-state index in [0.29, 0.717) is 11.4 Å². The highest BCUT2D eigenvalue weighted by molar-refractivity contribution is 5.97. The standard InChI is InChI=1S/C14H14FN3O/c1-9(10-5-2-3-7-12(10)15)18-14-11(13(16)19)6-4-8-17-14/h2-9H,1H3,(H2,16,19)(H,17,18). The summed E-state index contributed by atoms with van der Waals surface area (Å²) in [5.41, 5.74) is 6.05. The number of aromatic nitrogens is 1. The normalized spacial score (nSPS) is 11.9. The quantitative estimate of drug-likeness (QED) is 0.886. The lowest BCUT2D eigenvalue weighted by Crippen LogP contribution is -2.17. The van der Waals surface area contributed by atoms with E-state index >= 15 is 0 Å². The van der Waals surface area contributed by atoms with Gasteiger partial charge in [0.05, 0.1) is 11.6 Å². The van der Waals surface area contributed by atoms with Gasteiger partial charge in [-0.3, -0.25) is 4.79 Å². The number of hydrogen-bond donors (Lipinski definition) is 2. The zero-order valence-corrected chi connectivity index (χ0v) is 10.4. The molecule has 1 aromatic heterocycles. The number of nitrogens with one attached hydrogen (secondary N) is 1. The van der Waals surface area contributed by atoms with E-state index in [4.69, 9.17) is 5.73 Å². The number of benzene rings is 1. The molecule has 3 N–H and O–H groups in total. The fourth-order valence-corrected chi connectivity index (χ4v) is 1.83. The van der Waals surface area contributed by atoms with Crippen molar-refractivity contribution in [3.05, 3.63) is 59.5 Å². The number of rotatable bonds is 4. The van der Waals surface area contributed by atoms with Crippen molar-refractivity contribution in [1.82, 2.24) is 4.98 Å². The van der Waals surface area contributed by atoms with E-state index < -0.39 is 5.91 Å². The van der Waals surface area contributed by atoms with Crippen LogP contribution in [0.2, 0.25) is 0 Å². The van der Waals surface area contributed by atoms with Crippen molar-refractivity contribution >= 4 is 11.7 Å². The molecule has 0 saturated heterocycles. The van der Waals surface area contributed by atoms with Crippen molar-refractivity contribution in [3.8, 4) is 0 Å². The number of carbonyl (C=O) groups excluding carboxylic acids is 1. The average Bonchev–Trinajstić information content (AvgIpc) is 2.39. The van der Waals surface area contributed by atoms with E-state index in [9.17, 15) is 9.18 Å². The summed E-state index contributed by atoms with van der Waals surface area (Å²) in [5, 5.41) is 3.00. The monoisotopic (exact) mass is 259 g/mol. The first-order chi connectivity index (χ1) is 9.09. The lowest BCUT2D eigenvalue weighted by Gasteiger charge is -2.17. The maximum atomic E-state index is 13.6. The summed E-state index contributed by atoms with van der Waals surface area (Å²) in [6, 6.07) is 9.32. The molecule has 0 bridgehead atoms. The third kappa shape index (κ3) is 2.88. The van der Waals surface area contributed by atoms with Gasteiger partial charge < -0.3 is 11.1 Å². The zero-order chi connectivity index (χ0) is 13.8. The molecular formula is C14H14FN3O. The molecule has 4 nitrogen and oxygen atoms in total. The number of hydrogen-bond acceptors (Lipinski definition) is 3. The van der Waals surface area contributed by atoms with Crippen LogP contribution in [0, 0.1) is 5.82 Å². The number of primary amides is 1. The lowest BCUT2D eigenvalue weighted by atomic mass is 10.1. The number of nitrogens with zero attached hydrogens (tertiary/aromatic N) is 1. The van der Waals surface area contributed by atoms with E-state index in [1.165, 1.54) is 6.07 Å². The second-order valence-corrected chi connectivity index (χ2v) is 4.15. The SMILES string of the molecule is CC(Nc1ncccc1C(N)=O)c1ccccc1F. The van der Waals surface area contributed by atoms with Crippen LogP contribution in [0.5, 0.6) is 0 Å². The molecule has 0 radical (unpaired) electrons. The van der Waals surface area contributed by atoms with Crippen molar-refractivity contribution in [2.45, 2.75) is 13.0 Å². The van der Waals surface area contributed by atoms with Crippen LogP contribution in [0.3, 0.4) is 0 Å². The van der Waals surface area contributed by atoms with Crippen molar-refractivity contribution in [2.24, 2.45) is 5.73 Å². The second kappa shape index (κ2) is 5.48. The molecule has 1 amide bonds. The van der Waals surface area contributed by atoms with Gasteiger partial charge in [0.25, 0.3) is 5.91 Å². The largest absolute Gasteiger partial charge is 0.365 e. The molecule has 2 rings (SSSR count). The first-order valence-corrected chi connectivity index (χ1v) is 5.85. The Kier molecular flexibility index (Phi) is 3.75. The average molecular weight is 259 g/mol. The zero-order valence-electron chi connectivity index (χ0n) is 10.4. The highest BCUT2D eigenvalue weighted by Crippen LogP contribution is 2.22. The van der Waals surface area contributed by atoms with Gasteiger partial charge in [0.2, 0.25) is 0 Å². The van der Waals surface area contributed by atoms with E-state index in [1.54, 1.807) is 43.5 Å². The van der Waals surface area contributed by atoms with Crippen molar-refractivity contribution in [2.75, 3.05) is 5.32 Å². The number of amides is 1. The Bertz CT molecular complexity index is 601. The van der Waals surface area contributed by atoms with Crippen LogP contribution >= 0.6 is 0 Å². The fraction of sp³-hybridized carbons (Fsp3) is 0.143. The molecule has 98 valence electrons. The van der Waals surface area contributed by atoms with Crippen LogP contribution in [0.1, 0.15) is 28.9 Å². The summed E-state index contributed by atoms with van der Waals surface area (Å²) >= 11 is 0. The number of carbonyl (C=O) groups is 1. The van der Waals surface area contributed by atoms with E-state index in [2.05, 4.69) is 10.3 Å². The molecule has 0 fully saturated rings. The van der Waals surface area contributed by atoms with E-state index in [0.717, 1.165) is 0 Å². The highest BCUT2D eigenvalue weighted by atomic mass is 19.1. The molecule has 0 spiro atoms. The van der Waals surface area contributed by atoms with Crippen molar-refractivity contribution < 1.29 is 9.18 Å². The van der Waals surface area contributed by atoms with Gasteiger partial charge in [0.15, 0.2) is 0 Å². The van der Waals surface area contributed by atoms with Gasteiger partial charge in [-0.05, 0) is 25.1 Å². The molecule has 0 aliphatic rings. The summed E-state index contributed by atoms with van der Waals surface area (Å²) in [6.45, 7) is 1.79. The minimum absolute atomic E-state index is 0.283. The number of anilines is 1. The Hall–Kier alpha value is -2.43. The fourth-order valence-electron chi connectivity index (χ4n) is 1.83. The molecular weight excluding hydrogens is 245 g/mol. The van der Waals surface area contributed by atoms with E-state index in [1.807, 2.05) is 0 Å². The number of nitrogens with two attached hydrogens (primary N) is 1. The first kappa shape index (κ1) is 13.0. The minimum atomic E-state index is -0.573. The van der Waals surface area contributed by atoms with Crippen LogP contribution in [-0.4, -0.2) is 10.9 Å². The Balaban J connectivity index is 2.27. The minimum Gasteiger partial charge on any atom is -0.365 e. The van der Waals surface area contributed by atoms with Gasteiger partial charge in [-0.15, -0.1) is 0 Å². The first-order valence-electron chi connectivity index (χ1n) is 5.85. The van der Waals surface area contributed by atoms with Gasteiger partial charge in [0, 0.05) is 11.8 Å². The maximum absolute atomic E-state index is 13.6. The third-order valence-electron chi connectivity index (χ3n) is 2.80. The predicted octanol–water partition coefficient (Wildman–Crippen LogP) is 2.49. The van der Waals surface area contributed by atoms with Gasteiger partial charge in [-0.25, -0.2) is 9.37 Å². The summed E-state index contributed by atoms with van der Waals surface area (Å²) in [5.74, 6) is -0.527. The molecule has 19 heavy (non-hydrogen) atoms. The van der Waals surface area contributed by atoms with E-state index in [-0.39, 0.29) is 17.4 Å². The number of pyridine rings is 1. The smallest absolute Gasteiger partial charge is 0.252 e. The molecule has 2 aromatic rings. The van der Waals surface area contributed by atoms with Gasteiger partial charge >= 0.3 is 0 Å². The summed E-state index contributed by atoms with van der Waals surface area (Å²) in [7, 11) is 0. The van der Waals surface area contributed by atoms with Crippen LogP contribution < -0.4 is 11.1 Å². The molecule has 0 aliphatic heterocycles. The molecule has 0 aliphatic carbocycles. The van der Waals surface area contributed by atoms with Gasteiger partial charge in [-0.2, -0.15) is 0 Å². The van der Waals surface area contributed by atoms with Crippen LogP contribution in [-0.2, 0) is 0 Å². The Morgan fingerprint density at radius 3 is 2.74 bits per heavy atom. The Morgan fingerprint density at radius 2 is 2.05 bits per heavy atom. The predicted molar refractivity (Wildman–Crippen MR) is 71.2 cm³/mol. The molecule has 0 saturated carbocycles. The van der Waals surface area contributed by atoms with Crippen molar-refractivity contribution in [1.29, 1.82) is 0 Å². The Morgan fingerprint density at radius 1 is 1.32 bits per heavy atom. The molecule has 1 unspecified atom stereocenters.